The van der Waals surface area contributed by atoms with Gasteiger partial charge in [0.1, 0.15) is 0 Å². The second-order valence-corrected chi connectivity index (χ2v) is 3.27. The zero-order chi connectivity index (χ0) is 7.94. The molecule has 0 N–H and O–H groups in total. The Labute approximate surface area is 70.0 Å². The largest absolute Gasteiger partial charge is 0.0876 e. The fraction of sp³-hybridized carbons (Fsp3) is 0.636. The molecule has 0 unspecified atom stereocenters. The standard InChI is InChI=1S/C11H18/c1-2-3-8-11-9-6-4-5-7-10-11/h4,6-7,10-11H,2-3,5,8-9H2,1H3/t11-/m0/s1. The average molecular weight is 150 g/mol. The van der Waals surface area contributed by atoms with E-state index in [9.17, 15) is 0 Å². The smallest absolute Gasteiger partial charge is 0.0169 e. The summed E-state index contributed by atoms with van der Waals surface area (Å²) in [7, 11) is 0. The monoisotopic (exact) mass is 150 g/mol. The van der Waals surface area contributed by atoms with Crippen LogP contribution >= 0.6 is 0 Å². The van der Waals surface area contributed by atoms with Crippen LogP contribution in [0.2, 0.25) is 0 Å². The lowest BCUT2D eigenvalue weighted by Gasteiger charge is -2.07. The fourth-order valence-electron chi connectivity index (χ4n) is 1.48. The van der Waals surface area contributed by atoms with Crippen LogP contribution < -0.4 is 0 Å². The molecule has 0 aromatic rings. The van der Waals surface area contributed by atoms with Gasteiger partial charge in [0.15, 0.2) is 0 Å². The van der Waals surface area contributed by atoms with Gasteiger partial charge in [0.25, 0.3) is 0 Å². The van der Waals surface area contributed by atoms with Crippen molar-refractivity contribution in [2.45, 2.75) is 39.0 Å². The van der Waals surface area contributed by atoms with Crippen LogP contribution in [-0.2, 0) is 0 Å². The Morgan fingerprint density at radius 1 is 1.27 bits per heavy atom. The van der Waals surface area contributed by atoms with E-state index in [2.05, 4.69) is 31.2 Å². The first-order chi connectivity index (χ1) is 5.43. The predicted octanol–water partition coefficient (Wildman–Crippen LogP) is 3.70. The fourth-order valence-corrected chi connectivity index (χ4v) is 1.48. The van der Waals surface area contributed by atoms with Crippen molar-refractivity contribution >= 4 is 0 Å². The van der Waals surface area contributed by atoms with E-state index in [1.54, 1.807) is 0 Å². The SMILES string of the molecule is CCCC[C@@H]1C=CCC=CC1. The van der Waals surface area contributed by atoms with E-state index in [4.69, 9.17) is 0 Å². The molecule has 0 amide bonds. The molecule has 1 rings (SSSR count). The molecule has 0 aromatic heterocycles. The third-order valence-corrected chi connectivity index (χ3v) is 2.21. The first-order valence-corrected chi connectivity index (χ1v) is 4.75. The van der Waals surface area contributed by atoms with Crippen molar-refractivity contribution in [3.8, 4) is 0 Å². The van der Waals surface area contributed by atoms with Crippen LogP contribution in [0, 0.1) is 5.92 Å². The van der Waals surface area contributed by atoms with Gasteiger partial charge >= 0.3 is 0 Å². The summed E-state index contributed by atoms with van der Waals surface area (Å²) in [4.78, 5) is 0. The van der Waals surface area contributed by atoms with Crippen molar-refractivity contribution < 1.29 is 0 Å². The normalized spacial score (nSPS) is 23.5. The van der Waals surface area contributed by atoms with Gasteiger partial charge in [0.05, 0.1) is 0 Å². The maximum absolute atomic E-state index is 2.38. The molecule has 0 saturated carbocycles. The van der Waals surface area contributed by atoms with Crippen molar-refractivity contribution in [1.29, 1.82) is 0 Å². The molecule has 0 spiro atoms. The van der Waals surface area contributed by atoms with E-state index < -0.39 is 0 Å². The molecule has 0 bridgehead atoms. The summed E-state index contributed by atoms with van der Waals surface area (Å²) in [5, 5.41) is 0. The first-order valence-electron chi connectivity index (χ1n) is 4.75. The van der Waals surface area contributed by atoms with Gasteiger partial charge in [0, 0.05) is 0 Å². The number of unbranched alkanes of at least 4 members (excludes halogenated alkanes) is 1. The highest BCUT2D eigenvalue weighted by Crippen LogP contribution is 2.17. The minimum atomic E-state index is 0.827. The van der Waals surface area contributed by atoms with E-state index in [-0.39, 0.29) is 0 Å². The lowest BCUT2D eigenvalue weighted by Crippen LogP contribution is -1.93. The molecule has 1 atom stereocenters. The summed E-state index contributed by atoms with van der Waals surface area (Å²) >= 11 is 0. The number of allylic oxidation sites excluding steroid dienone is 4. The molecule has 0 saturated heterocycles. The van der Waals surface area contributed by atoms with Crippen molar-refractivity contribution in [3.05, 3.63) is 24.3 Å². The summed E-state index contributed by atoms with van der Waals surface area (Å²) in [6.07, 6.45) is 15.7. The third kappa shape index (κ3) is 3.41. The van der Waals surface area contributed by atoms with Crippen LogP contribution in [0.5, 0.6) is 0 Å². The van der Waals surface area contributed by atoms with Gasteiger partial charge in [-0.3, -0.25) is 0 Å². The highest BCUT2D eigenvalue weighted by molar-refractivity contribution is 5.02. The second kappa shape index (κ2) is 5.17. The van der Waals surface area contributed by atoms with Crippen LogP contribution in [0.1, 0.15) is 39.0 Å². The predicted molar refractivity (Wildman–Crippen MR) is 50.5 cm³/mol. The summed E-state index contributed by atoms with van der Waals surface area (Å²) in [5.41, 5.74) is 0. The highest BCUT2D eigenvalue weighted by Gasteiger charge is 2.02. The van der Waals surface area contributed by atoms with Gasteiger partial charge < -0.3 is 0 Å². The maximum atomic E-state index is 2.38. The molecular formula is C11H18. The van der Waals surface area contributed by atoms with Crippen LogP contribution in [0.3, 0.4) is 0 Å². The Morgan fingerprint density at radius 2 is 2.18 bits per heavy atom. The maximum Gasteiger partial charge on any atom is -0.0169 e. The second-order valence-electron chi connectivity index (χ2n) is 3.27. The summed E-state index contributed by atoms with van der Waals surface area (Å²) in [6, 6.07) is 0. The lowest BCUT2D eigenvalue weighted by molar-refractivity contribution is 0.562. The molecule has 62 valence electrons. The zero-order valence-electron chi connectivity index (χ0n) is 7.42. The molecule has 0 heterocycles. The van der Waals surface area contributed by atoms with E-state index in [0.717, 1.165) is 12.3 Å². The molecule has 11 heavy (non-hydrogen) atoms. The van der Waals surface area contributed by atoms with Crippen LogP contribution in [0.25, 0.3) is 0 Å². The molecule has 0 nitrogen and oxygen atoms in total. The minimum Gasteiger partial charge on any atom is -0.0876 e. The molecule has 0 aromatic carbocycles. The van der Waals surface area contributed by atoms with E-state index >= 15 is 0 Å². The highest BCUT2D eigenvalue weighted by atomic mass is 14.1. The summed E-state index contributed by atoms with van der Waals surface area (Å²) < 4.78 is 0. The minimum absolute atomic E-state index is 0.827. The molecule has 1 aliphatic carbocycles. The van der Waals surface area contributed by atoms with Gasteiger partial charge in [-0.05, 0) is 25.2 Å². The lowest BCUT2D eigenvalue weighted by atomic mass is 9.99. The Bertz CT molecular complexity index is 142. The molecule has 0 aliphatic heterocycles. The summed E-state index contributed by atoms with van der Waals surface area (Å²) in [5.74, 6) is 0.827. The third-order valence-electron chi connectivity index (χ3n) is 2.21. The van der Waals surface area contributed by atoms with Gasteiger partial charge in [-0.2, -0.15) is 0 Å². The molecule has 1 aliphatic rings. The van der Waals surface area contributed by atoms with Gasteiger partial charge in [0.2, 0.25) is 0 Å². The van der Waals surface area contributed by atoms with Crippen LogP contribution in [-0.4, -0.2) is 0 Å². The molecule has 0 fully saturated rings. The zero-order valence-corrected chi connectivity index (χ0v) is 7.42. The van der Waals surface area contributed by atoms with Crippen LogP contribution in [0.15, 0.2) is 24.3 Å². The molecule has 0 radical (unpaired) electrons. The van der Waals surface area contributed by atoms with Crippen molar-refractivity contribution in [2.24, 2.45) is 5.92 Å². The Morgan fingerprint density at radius 3 is 3.00 bits per heavy atom. The van der Waals surface area contributed by atoms with Crippen molar-refractivity contribution in [2.75, 3.05) is 0 Å². The van der Waals surface area contributed by atoms with Gasteiger partial charge in [-0.25, -0.2) is 0 Å². The van der Waals surface area contributed by atoms with E-state index in [1.165, 1.54) is 25.7 Å². The Hall–Kier alpha value is -0.520. The van der Waals surface area contributed by atoms with Crippen molar-refractivity contribution in [3.63, 3.8) is 0 Å². The van der Waals surface area contributed by atoms with Crippen LogP contribution in [0.4, 0.5) is 0 Å². The number of hydrogen-bond donors (Lipinski definition) is 0. The van der Waals surface area contributed by atoms with E-state index in [1.807, 2.05) is 0 Å². The number of hydrogen-bond acceptors (Lipinski definition) is 0. The number of rotatable bonds is 3. The average Bonchev–Trinajstić information content (AvgIpc) is 2.28. The van der Waals surface area contributed by atoms with Crippen molar-refractivity contribution in [1.82, 2.24) is 0 Å². The Kier molecular flexibility index (Phi) is 4.03. The molecular weight excluding hydrogens is 132 g/mol. The summed E-state index contributed by atoms with van der Waals surface area (Å²) in [6.45, 7) is 2.26. The quantitative estimate of drug-likeness (QED) is 0.538. The Balaban J connectivity index is 2.26. The van der Waals surface area contributed by atoms with Gasteiger partial charge in [-0.15, -0.1) is 0 Å². The molecule has 0 heteroatoms. The van der Waals surface area contributed by atoms with Gasteiger partial charge in [-0.1, -0.05) is 44.1 Å². The first kappa shape index (κ1) is 8.58. The topological polar surface area (TPSA) is 0 Å². The van der Waals surface area contributed by atoms with E-state index in [0.29, 0.717) is 0 Å².